The fourth-order valence-electron chi connectivity index (χ4n) is 0.102. The van der Waals surface area contributed by atoms with E-state index in [1.54, 1.807) is 0 Å². The van der Waals surface area contributed by atoms with Crippen molar-refractivity contribution in [3.8, 4) is 0 Å². The number of carbonyl (C=O) groups excluding carboxylic acids is 1. The molecular weight excluding hydrogens is 174 g/mol. The summed E-state index contributed by atoms with van der Waals surface area (Å²) in [6, 6.07) is 0. The van der Waals surface area contributed by atoms with Crippen molar-refractivity contribution >= 4 is 16.1 Å². The molecule has 0 aromatic carbocycles. The van der Waals surface area contributed by atoms with E-state index < -0.39 is 21.3 Å². The molecule has 0 fully saturated rings. The van der Waals surface area contributed by atoms with Crippen LogP contribution < -0.4 is 5.11 Å². The van der Waals surface area contributed by atoms with Gasteiger partial charge < -0.3 is 14.5 Å². The van der Waals surface area contributed by atoms with E-state index >= 15 is 0 Å². The molecule has 0 aliphatic heterocycles. The number of carbonyl (C=O) groups is 1. The number of carboxylic acid groups (broad SMARTS) is 1. The molecule has 0 radical (unpaired) electrons. The molecule has 0 aromatic rings. The van der Waals surface area contributed by atoms with Crippen LogP contribution in [-0.4, -0.2) is 24.2 Å². The molecule has 0 atom stereocenters. The fourth-order valence-corrected chi connectivity index (χ4v) is 0.306. The van der Waals surface area contributed by atoms with Crippen LogP contribution in [0.5, 0.6) is 0 Å². The van der Waals surface area contributed by atoms with Crippen molar-refractivity contribution in [3.05, 3.63) is 0 Å². The molecule has 0 saturated heterocycles. The molecule has 0 bridgehead atoms. The molecule has 60 valence electrons. The summed E-state index contributed by atoms with van der Waals surface area (Å²) in [5.41, 5.74) is 0. The summed E-state index contributed by atoms with van der Waals surface area (Å²) in [4.78, 5) is 9.23. The molecule has 0 amide bonds. The first-order valence-electron chi connectivity index (χ1n) is 1.74. The van der Waals surface area contributed by atoms with E-state index in [1.165, 1.54) is 0 Å². The number of alkyl halides is 2. The summed E-state index contributed by atoms with van der Waals surface area (Å²) >= 11 is 0. The van der Waals surface area contributed by atoms with Crippen LogP contribution in [0.25, 0.3) is 0 Å². The third-order valence-corrected chi connectivity index (χ3v) is 1.35. The number of hydrogen-bond donors (Lipinski definition) is 0. The third-order valence-electron chi connectivity index (χ3n) is 0.552. The van der Waals surface area contributed by atoms with Gasteiger partial charge in [-0.2, -0.15) is 8.78 Å². The Morgan fingerprint density at radius 2 is 1.70 bits per heavy atom. The second-order valence-electron chi connectivity index (χ2n) is 1.26. The highest BCUT2D eigenvalue weighted by Gasteiger charge is 2.39. The molecule has 0 unspecified atom stereocenters. The largest absolute Gasteiger partial charge is 0.743 e. The molecule has 0 aliphatic rings. The van der Waals surface area contributed by atoms with Crippen molar-refractivity contribution < 1.29 is 31.7 Å². The number of halogens is 2. The van der Waals surface area contributed by atoms with E-state index in [-0.39, 0.29) is 0 Å². The molecule has 0 N–H and O–H groups in total. The Hall–Kier alpha value is -0.760. The van der Waals surface area contributed by atoms with Gasteiger partial charge in [-0.05, 0) is 0 Å². The third kappa shape index (κ3) is 1.39. The van der Waals surface area contributed by atoms with Crippen molar-refractivity contribution in [2.75, 3.05) is 0 Å². The molecular formula is C2F2O5S-2. The summed E-state index contributed by atoms with van der Waals surface area (Å²) in [7, 11) is -6.15. The van der Waals surface area contributed by atoms with Crippen LogP contribution in [0.1, 0.15) is 0 Å². The Kier molecular flexibility index (Phi) is 1.97. The fraction of sp³-hybridized carbons (Fsp3) is 0.500. The van der Waals surface area contributed by atoms with E-state index in [2.05, 4.69) is 0 Å². The number of rotatable bonds is 2. The van der Waals surface area contributed by atoms with Gasteiger partial charge in [0.25, 0.3) is 0 Å². The van der Waals surface area contributed by atoms with Crippen molar-refractivity contribution in [1.29, 1.82) is 0 Å². The van der Waals surface area contributed by atoms with Gasteiger partial charge in [-0.3, -0.25) is 0 Å². The van der Waals surface area contributed by atoms with Gasteiger partial charge in [-0.1, -0.05) is 0 Å². The Labute approximate surface area is 54.0 Å². The summed E-state index contributed by atoms with van der Waals surface area (Å²) in [5, 5.41) is 3.89. The van der Waals surface area contributed by atoms with Crippen LogP contribution in [-0.2, 0) is 14.9 Å². The Bertz CT molecular complexity index is 240. The minimum Gasteiger partial charge on any atom is -0.743 e. The zero-order chi connectivity index (χ0) is 8.58. The topological polar surface area (TPSA) is 97.3 Å². The summed E-state index contributed by atoms with van der Waals surface area (Å²) < 4.78 is 51.1. The smallest absolute Gasteiger partial charge is 0.373 e. The lowest BCUT2D eigenvalue weighted by Gasteiger charge is -2.19. The lowest BCUT2D eigenvalue weighted by molar-refractivity contribution is -0.321. The predicted molar refractivity (Wildman–Crippen MR) is 19.7 cm³/mol. The SMILES string of the molecule is O=C([O-])C(F)(F)S(=O)(=O)[O-]. The highest BCUT2D eigenvalue weighted by molar-refractivity contribution is 7.87. The summed E-state index contributed by atoms with van der Waals surface area (Å²) in [6.45, 7) is 0. The molecule has 8 heteroatoms. The minimum atomic E-state index is -6.15. The van der Waals surface area contributed by atoms with Gasteiger partial charge in [-0.25, -0.2) is 8.42 Å². The Morgan fingerprint density at radius 1 is 1.40 bits per heavy atom. The zero-order valence-electron chi connectivity index (χ0n) is 4.21. The average Bonchev–Trinajstić information content (AvgIpc) is 1.62. The second-order valence-corrected chi connectivity index (χ2v) is 2.68. The number of hydrogen-bond acceptors (Lipinski definition) is 5. The lowest BCUT2D eigenvalue weighted by Crippen LogP contribution is -2.47. The van der Waals surface area contributed by atoms with E-state index in [4.69, 9.17) is 0 Å². The van der Waals surface area contributed by atoms with Gasteiger partial charge in [0.1, 0.15) is 5.97 Å². The first kappa shape index (κ1) is 9.24. The van der Waals surface area contributed by atoms with Crippen LogP contribution in [0.4, 0.5) is 8.78 Å². The quantitative estimate of drug-likeness (QED) is 0.445. The molecule has 0 aromatic heterocycles. The van der Waals surface area contributed by atoms with Crippen LogP contribution in [0.15, 0.2) is 0 Å². The van der Waals surface area contributed by atoms with Gasteiger partial charge in [0.2, 0.25) is 0 Å². The maximum absolute atomic E-state index is 11.5. The first-order valence-corrected chi connectivity index (χ1v) is 3.15. The zero-order valence-corrected chi connectivity index (χ0v) is 5.02. The van der Waals surface area contributed by atoms with Crippen LogP contribution >= 0.6 is 0 Å². The van der Waals surface area contributed by atoms with Crippen molar-refractivity contribution in [2.45, 2.75) is 5.25 Å². The van der Waals surface area contributed by atoms with E-state index in [9.17, 15) is 31.7 Å². The number of aliphatic carboxylic acids is 1. The molecule has 10 heavy (non-hydrogen) atoms. The average molecular weight is 174 g/mol. The van der Waals surface area contributed by atoms with Gasteiger partial charge in [0.15, 0.2) is 10.1 Å². The minimum absolute atomic E-state index is 3.22. The van der Waals surface area contributed by atoms with E-state index in [1.807, 2.05) is 0 Å². The molecule has 0 heterocycles. The Balaban J connectivity index is 4.95. The van der Waals surface area contributed by atoms with Gasteiger partial charge >= 0.3 is 5.25 Å². The van der Waals surface area contributed by atoms with E-state index in [0.717, 1.165) is 0 Å². The summed E-state index contributed by atoms with van der Waals surface area (Å²) in [5.74, 6) is -3.22. The van der Waals surface area contributed by atoms with Gasteiger partial charge in [0, 0.05) is 0 Å². The normalized spacial score (nSPS) is 13.1. The van der Waals surface area contributed by atoms with Gasteiger partial charge in [-0.15, -0.1) is 0 Å². The molecule has 5 nitrogen and oxygen atoms in total. The van der Waals surface area contributed by atoms with E-state index in [0.29, 0.717) is 0 Å². The van der Waals surface area contributed by atoms with Crippen molar-refractivity contribution in [2.24, 2.45) is 0 Å². The Morgan fingerprint density at radius 3 is 1.70 bits per heavy atom. The highest BCUT2D eigenvalue weighted by atomic mass is 32.2. The summed E-state index contributed by atoms with van der Waals surface area (Å²) in [6.07, 6.45) is 0. The molecule has 0 aliphatic carbocycles. The maximum atomic E-state index is 11.5. The van der Waals surface area contributed by atoms with Crippen molar-refractivity contribution in [3.63, 3.8) is 0 Å². The molecule has 0 spiro atoms. The van der Waals surface area contributed by atoms with Gasteiger partial charge in [0.05, 0.1) is 0 Å². The highest BCUT2D eigenvalue weighted by Crippen LogP contribution is 2.18. The maximum Gasteiger partial charge on any atom is 0.373 e. The van der Waals surface area contributed by atoms with Crippen LogP contribution in [0, 0.1) is 0 Å². The van der Waals surface area contributed by atoms with Crippen LogP contribution in [0.3, 0.4) is 0 Å². The molecule has 0 rings (SSSR count). The standard InChI is InChI=1S/C2H2F2O5S/c3-2(4,1(5)6)10(7,8)9/h(H,5,6)(H,7,8,9)/p-2. The predicted octanol–water partition coefficient (Wildman–Crippen LogP) is -2.13. The molecule has 0 saturated carbocycles. The van der Waals surface area contributed by atoms with Crippen molar-refractivity contribution in [1.82, 2.24) is 0 Å². The second kappa shape index (κ2) is 2.13. The van der Waals surface area contributed by atoms with Crippen LogP contribution in [0.2, 0.25) is 0 Å². The first-order chi connectivity index (χ1) is 4.19. The monoisotopic (exact) mass is 174 g/mol. The lowest BCUT2D eigenvalue weighted by atomic mass is 10.7. The number of carboxylic acids is 1.